The van der Waals surface area contributed by atoms with Crippen LogP contribution in [0.3, 0.4) is 0 Å². The number of nitrogens with two attached hydrogens (primary N) is 2. The number of carbonyl (C=O) groups excluding carboxylic acids is 4. The number of aliphatic hydroxyl groups is 5. The number of hydrogen-bond acceptors (Lipinski definition) is 20. The number of hydrogen-bond donors (Lipinski definition) is 11. The van der Waals surface area contributed by atoms with Crippen LogP contribution in [0.25, 0.3) is 11.0 Å². The summed E-state index contributed by atoms with van der Waals surface area (Å²) in [5.41, 5.74) is 7.93. The number of fused-ring (bicyclic) bond motifs is 1. The molecule has 3 saturated heterocycles. The van der Waals surface area contributed by atoms with Gasteiger partial charge in [0, 0.05) is 38.3 Å². The number of aromatic nitrogens is 3. The third-order valence-corrected chi connectivity index (χ3v) is 14.0. The van der Waals surface area contributed by atoms with Gasteiger partial charge in [0.05, 0.1) is 75.7 Å². The molecule has 2 aromatic heterocycles. The second-order valence-corrected chi connectivity index (χ2v) is 20.9. The first-order chi connectivity index (χ1) is 39.1. The van der Waals surface area contributed by atoms with Crippen LogP contribution in [0.4, 0.5) is 15.9 Å². The third kappa shape index (κ3) is 16.7. The van der Waals surface area contributed by atoms with Crippen molar-refractivity contribution in [3.63, 3.8) is 0 Å². The second kappa shape index (κ2) is 29.6. The summed E-state index contributed by atoms with van der Waals surface area (Å²) < 4.78 is 77.5. The van der Waals surface area contributed by atoms with Gasteiger partial charge >= 0.3 is 5.97 Å². The van der Waals surface area contributed by atoms with Crippen LogP contribution in [0.2, 0.25) is 0 Å². The molecule has 28 nitrogen and oxygen atoms in total. The first-order valence-electron chi connectivity index (χ1n) is 26.2. The molecule has 4 amide bonds. The number of benzene rings is 2. The van der Waals surface area contributed by atoms with Gasteiger partial charge in [-0.15, -0.1) is 0 Å². The Morgan fingerprint density at radius 1 is 0.916 bits per heavy atom. The largest absolute Gasteiger partial charge is 0.479 e. The summed E-state index contributed by atoms with van der Waals surface area (Å²) in [6, 6.07) is 8.82. The summed E-state index contributed by atoms with van der Waals surface area (Å²) >= 11 is 0. The Labute approximate surface area is 476 Å². The van der Waals surface area contributed by atoms with Gasteiger partial charge in [-0.1, -0.05) is 55.3 Å². The first-order valence-corrected chi connectivity index (χ1v) is 27.7. The smallest absolute Gasteiger partial charge is 0.335 e. The highest BCUT2D eigenvalue weighted by Gasteiger charge is 2.49. The highest BCUT2D eigenvalue weighted by Crippen LogP contribution is 2.36. The number of carboxylic acids is 1. The Morgan fingerprint density at radius 3 is 2.30 bits per heavy atom. The molecular weight excluding hydrogens is 1120 g/mol. The zero-order valence-electron chi connectivity index (χ0n) is 45.7. The second-order valence-electron chi connectivity index (χ2n) is 19.5. The van der Waals surface area contributed by atoms with Crippen LogP contribution in [-0.2, 0) is 70.8 Å². The molecule has 0 radical (unpaired) electrons. The maximum Gasteiger partial charge on any atom is 0.335 e. The number of halogens is 1. The van der Waals surface area contributed by atoms with E-state index in [1.54, 1.807) is 19.1 Å². The number of rotatable bonds is 27. The minimum Gasteiger partial charge on any atom is -0.479 e. The van der Waals surface area contributed by atoms with Crippen molar-refractivity contribution in [2.75, 3.05) is 70.3 Å². The molecule has 1 unspecified atom stereocenters. The molecule has 3 fully saturated rings. The van der Waals surface area contributed by atoms with Crippen LogP contribution in [0.15, 0.2) is 48.9 Å². The van der Waals surface area contributed by atoms with Gasteiger partial charge in [0.2, 0.25) is 53.9 Å². The van der Waals surface area contributed by atoms with Crippen LogP contribution < -0.4 is 35.5 Å². The predicted molar refractivity (Wildman–Crippen MR) is 288 cm³/mol. The van der Waals surface area contributed by atoms with Crippen molar-refractivity contribution in [3.05, 3.63) is 84.4 Å². The number of carboxylic acid groups (broad SMARTS) is 1. The number of aliphatic carboxylic acids is 1. The summed E-state index contributed by atoms with van der Waals surface area (Å²) in [7, 11) is -4.26. The summed E-state index contributed by atoms with van der Waals surface area (Å²) in [5.74, 6) is 1.47. The SMILES string of the molecule is CCCc1cccc(F)c1C#Cc1cn([C@@H]2O[C@H](CNS(N)(=O)=O)[C@@H](O)[C@H]2O)c2c1c(N)nc[n+]2Cc1ccc(O[C@@H]2O[C@H](C(=O)O)[C@@H](O)[C@H](O)[C@H]2O)c(NC(=O)CCNC(=O)CCOCCOCCOCCN2C(=O)CC(C)C2=O)c1.[CH3-]. The maximum absolute atomic E-state index is 15.3. The zero-order valence-corrected chi connectivity index (χ0v) is 46.5. The van der Waals surface area contributed by atoms with Crippen molar-refractivity contribution in [2.24, 2.45) is 11.1 Å². The van der Waals surface area contributed by atoms with E-state index in [1.807, 2.05) is 11.6 Å². The summed E-state index contributed by atoms with van der Waals surface area (Å²) in [4.78, 5) is 67.6. The van der Waals surface area contributed by atoms with E-state index in [1.165, 1.54) is 50.8 Å². The molecule has 30 heteroatoms. The van der Waals surface area contributed by atoms with Gasteiger partial charge in [-0.3, -0.25) is 24.1 Å². The van der Waals surface area contributed by atoms with Crippen LogP contribution in [0.1, 0.15) is 68.0 Å². The van der Waals surface area contributed by atoms with Crippen LogP contribution in [0, 0.1) is 31.0 Å². The normalized spacial score (nSPS) is 23.4. The molecule has 83 heavy (non-hydrogen) atoms. The van der Waals surface area contributed by atoms with Gasteiger partial charge in [0.1, 0.15) is 53.6 Å². The van der Waals surface area contributed by atoms with Crippen molar-refractivity contribution in [3.8, 4) is 17.6 Å². The molecule has 3 aliphatic heterocycles. The number of nitrogen functional groups attached to an aromatic ring is 1. The highest BCUT2D eigenvalue weighted by atomic mass is 32.2. The first kappa shape index (κ1) is 65.3. The summed E-state index contributed by atoms with van der Waals surface area (Å²) in [6.07, 6.45) is -12.3. The van der Waals surface area contributed by atoms with Crippen LogP contribution in [-0.4, -0.2) is 191 Å². The molecule has 3 aliphatic rings. The van der Waals surface area contributed by atoms with E-state index in [-0.39, 0.29) is 143 Å². The van der Waals surface area contributed by atoms with Gasteiger partial charge in [-0.2, -0.15) is 13.1 Å². The number of carbonyl (C=O) groups is 5. The number of ether oxygens (including phenoxy) is 6. The molecule has 7 rings (SSSR count). The molecular formula is C53H70FN9O19S. The van der Waals surface area contributed by atoms with E-state index in [2.05, 4.69) is 27.5 Å². The quantitative estimate of drug-likeness (QED) is 0.00998. The summed E-state index contributed by atoms with van der Waals surface area (Å²) in [5, 5.41) is 74.5. The fraction of sp³-hybridized carbons (Fsp3) is 0.509. The van der Waals surface area contributed by atoms with Crippen molar-refractivity contribution in [2.45, 2.75) is 108 Å². The Kier molecular flexibility index (Phi) is 23.3. The molecule has 0 bridgehead atoms. The molecule has 13 N–H and O–H groups in total. The van der Waals surface area contributed by atoms with E-state index in [0.717, 1.165) is 0 Å². The Balaban J connectivity index is 0.0000111. The fourth-order valence-electron chi connectivity index (χ4n) is 9.27. The lowest BCUT2D eigenvalue weighted by molar-refractivity contribution is -0.668. The number of amides is 4. The number of aliphatic hydroxyl groups excluding tert-OH is 5. The Hall–Kier alpha value is -6.83. The third-order valence-electron chi connectivity index (χ3n) is 13.5. The highest BCUT2D eigenvalue weighted by molar-refractivity contribution is 7.87. The van der Waals surface area contributed by atoms with E-state index in [4.69, 9.17) is 39.3 Å². The van der Waals surface area contributed by atoms with Crippen LogP contribution >= 0.6 is 0 Å². The molecule has 0 aliphatic carbocycles. The zero-order chi connectivity index (χ0) is 59.4. The predicted octanol–water partition coefficient (Wildman–Crippen LogP) is -2.14. The van der Waals surface area contributed by atoms with E-state index >= 15 is 4.39 Å². The van der Waals surface area contributed by atoms with Gasteiger partial charge in [-0.25, -0.2) is 23.5 Å². The van der Waals surface area contributed by atoms with E-state index in [0.29, 0.717) is 24.0 Å². The van der Waals surface area contributed by atoms with Gasteiger partial charge in [0.25, 0.3) is 10.2 Å². The number of nitrogens with one attached hydrogen (secondary N) is 3. The van der Waals surface area contributed by atoms with E-state index in [9.17, 15) is 63.0 Å². The molecule has 4 aromatic rings. The number of nitrogens with zero attached hydrogens (tertiary/aromatic N) is 4. The lowest BCUT2D eigenvalue weighted by Crippen LogP contribution is -2.61. The maximum atomic E-state index is 15.3. The van der Waals surface area contributed by atoms with Crippen molar-refractivity contribution < 1.29 is 100 Å². The van der Waals surface area contributed by atoms with Crippen LogP contribution in [0.5, 0.6) is 5.75 Å². The standard InChI is InChI=1S/C52H66FN9O19S.CH3/c1-3-5-30-6-4-7-33(53)32(30)10-9-31-26-62(50-44(69)41(66)36(79-50)24-58-82(55,74)75)48-40(31)47(54)57-27-60(48)25-29-8-11-35(80-52-45(70)42(67)43(68)46(81-52)51(72)73)34(23-29)59-38(64)12-14-56-37(63)13-16-76-18-20-78-21-19-77-17-15-61-39(65)22-28(2)49(61)71;/h4,6-8,11,23,26-28,36,41-46,50,52,54,58,66-70H,3,5,12-22,24-25H2,1-2H3,(H5,55,56,59,63,64,72,73,74,75);1H3/q;-1/p+1/t28?,36-,41-,42+,43+,44-,45-,46+,50-,52-;/m1./s1. The fourth-order valence-corrected chi connectivity index (χ4v) is 9.66. The van der Waals surface area contributed by atoms with Crippen molar-refractivity contribution >= 4 is 62.3 Å². The van der Waals surface area contributed by atoms with Crippen molar-refractivity contribution in [1.82, 2.24) is 24.5 Å². The molecule has 454 valence electrons. The number of anilines is 2. The Morgan fingerprint density at radius 2 is 1.63 bits per heavy atom. The van der Waals surface area contributed by atoms with Gasteiger partial charge in [0.15, 0.2) is 6.10 Å². The Bertz CT molecular complexity index is 3140. The minimum absolute atomic E-state index is 0. The molecule has 0 spiro atoms. The average molecular weight is 1190 g/mol. The molecule has 10 atom stereocenters. The topological polar surface area (TPSA) is 409 Å². The summed E-state index contributed by atoms with van der Waals surface area (Å²) in [6.45, 7) is 3.99. The minimum atomic E-state index is -4.26. The monoisotopic (exact) mass is 1190 g/mol. The number of imide groups is 1. The average Bonchev–Trinajstić information content (AvgIpc) is 2.17. The molecule has 2 aromatic carbocycles. The molecule has 5 heterocycles. The lowest BCUT2D eigenvalue weighted by Gasteiger charge is -2.38. The molecule has 0 saturated carbocycles. The van der Waals surface area contributed by atoms with Gasteiger partial charge in [-0.05, 0) is 35.7 Å². The number of aryl methyl sites for hydroxylation is 1. The van der Waals surface area contributed by atoms with E-state index < -0.39 is 95.6 Å². The van der Waals surface area contributed by atoms with Crippen molar-refractivity contribution in [1.29, 1.82) is 0 Å². The lowest BCUT2D eigenvalue weighted by atomic mass is 9.99. The van der Waals surface area contributed by atoms with Gasteiger partial charge < -0.3 is 82.9 Å². The number of likely N-dealkylation sites (tertiary alicyclic amines) is 1.